The average molecular weight is 274 g/mol. The summed E-state index contributed by atoms with van der Waals surface area (Å²) in [5.74, 6) is -0.187. The first kappa shape index (κ1) is 14.5. The largest absolute Gasteiger partial charge is 0.318 e. The van der Waals surface area contributed by atoms with Crippen molar-refractivity contribution >= 4 is 5.78 Å². The van der Waals surface area contributed by atoms with Gasteiger partial charge in [0.1, 0.15) is 5.82 Å². The lowest BCUT2D eigenvalue weighted by Crippen LogP contribution is -2.22. The Kier molecular flexibility index (Phi) is 4.35. The maximum atomic E-state index is 13.0. The maximum Gasteiger partial charge on any atom is 0.178 e. The van der Waals surface area contributed by atoms with Crippen LogP contribution in [0.3, 0.4) is 0 Å². The maximum absolute atomic E-state index is 13.0. The van der Waals surface area contributed by atoms with Gasteiger partial charge in [-0.15, -0.1) is 0 Å². The molecule has 0 unspecified atom stereocenters. The van der Waals surface area contributed by atoms with Gasteiger partial charge in [-0.3, -0.25) is 4.79 Å². The standard InChI is InChI=1S/C16H19FN2O/c1-4-18-10-16(20)15-9-11(2)19(12(15)3)14-7-5-13(17)6-8-14/h5-9,18H,4,10H2,1-3H3. The van der Waals surface area contributed by atoms with E-state index < -0.39 is 0 Å². The Morgan fingerprint density at radius 1 is 1.25 bits per heavy atom. The predicted molar refractivity (Wildman–Crippen MR) is 78.1 cm³/mol. The van der Waals surface area contributed by atoms with Gasteiger partial charge in [-0.2, -0.15) is 0 Å². The Bertz CT molecular complexity index is 614. The van der Waals surface area contributed by atoms with Crippen molar-refractivity contribution in [2.24, 2.45) is 0 Å². The van der Waals surface area contributed by atoms with Gasteiger partial charge in [0, 0.05) is 22.6 Å². The molecule has 0 saturated heterocycles. The van der Waals surface area contributed by atoms with Crippen molar-refractivity contribution in [3.8, 4) is 5.69 Å². The Labute approximate surface area is 118 Å². The van der Waals surface area contributed by atoms with E-state index in [2.05, 4.69) is 5.32 Å². The van der Waals surface area contributed by atoms with E-state index in [-0.39, 0.29) is 11.6 Å². The summed E-state index contributed by atoms with van der Waals surface area (Å²) >= 11 is 0. The van der Waals surface area contributed by atoms with Crippen molar-refractivity contribution in [2.75, 3.05) is 13.1 Å². The van der Waals surface area contributed by atoms with Gasteiger partial charge < -0.3 is 9.88 Å². The highest BCUT2D eigenvalue weighted by atomic mass is 19.1. The van der Waals surface area contributed by atoms with E-state index in [0.717, 1.165) is 23.6 Å². The Balaban J connectivity index is 2.38. The van der Waals surface area contributed by atoms with Crippen molar-refractivity contribution in [3.63, 3.8) is 0 Å². The fourth-order valence-corrected chi connectivity index (χ4v) is 2.37. The summed E-state index contributed by atoms with van der Waals surface area (Å²) in [6, 6.07) is 8.17. The highest BCUT2D eigenvalue weighted by molar-refractivity contribution is 5.99. The summed E-state index contributed by atoms with van der Waals surface area (Å²) in [5.41, 5.74) is 3.43. The molecule has 0 aliphatic heterocycles. The van der Waals surface area contributed by atoms with Gasteiger partial charge in [-0.25, -0.2) is 4.39 Å². The molecule has 1 heterocycles. The van der Waals surface area contributed by atoms with Gasteiger partial charge in [-0.05, 0) is 50.7 Å². The van der Waals surface area contributed by atoms with Crippen LogP contribution in [-0.2, 0) is 0 Å². The molecule has 1 aromatic heterocycles. The average Bonchev–Trinajstić information content (AvgIpc) is 2.73. The summed E-state index contributed by atoms with van der Waals surface area (Å²) in [6.07, 6.45) is 0. The molecule has 106 valence electrons. The smallest absolute Gasteiger partial charge is 0.178 e. The van der Waals surface area contributed by atoms with E-state index in [0.29, 0.717) is 12.1 Å². The number of Topliss-reactive ketones (excluding diaryl/α,β-unsaturated/α-hetero) is 1. The lowest BCUT2D eigenvalue weighted by molar-refractivity contribution is 0.0991. The summed E-state index contributed by atoms with van der Waals surface area (Å²) in [4.78, 5) is 12.1. The van der Waals surface area contributed by atoms with Crippen molar-refractivity contribution in [1.82, 2.24) is 9.88 Å². The number of carbonyl (C=O) groups is 1. The lowest BCUT2D eigenvalue weighted by Gasteiger charge is -2.09. The first-order valence-electron chi connectivity index (χ1n) is 6.73. The van der Waals surface area contributed by atoms with Gasteiger partial charge in [0.25, 0.3) is 0 Å². The first-order chi connectivity index (χ1) is 9.54. The monoisotopic (exact) mass is 274 g/mol. The van der Waals surface area contributed by atoms with Crippen LogP contribution in [0.25, 0.3) is 5.69 Å². The fraction of sp³-hybridized carbons (Fsp3) is 0.312. The van der Waals surface area contributed by atoms with Crippen LogP contribution in [-0.4, -0.2) is 23.4 Å². The molecule has 1 aromatic carbocycles. The van der Waals surface area contributed by atoms with E-state index in [1.807, 2.05) is 31.4 Å². The number of benzene rings is 1. The van der Waals surface area contributed by atoms with Crippen molar-refractivity contribution < 1.29 is 9.18 Å². The number of likely N-dealkylation sites (N-methyl/N-ethyl adjacent to an activating group) is 1. The van der Waals surface area contributed by atoms with Crippen molar-refractivity contribution in [2.45, 2.75) is 20.8 Å². The third-order valence-corrected chi connectivity index (χ3v) is 3.35. The van der Waals surface area contributed by atoms with Crippen molar-refractivity contribution in [1.29, 1.82) is 0 Å². The molecular formula is C16H19FN2O. The van der Waals surface area contributed by atoms with Crippen molar-refractivity contribution in [3.05, 3.63) is 53.1 Å². The summed E-state index contributed by atoms with van der Waals surface area (Å²) in [6.45, 7) is 6.93. The number of aryl methyl sites for hydroxylation is 1. The molecule has 0 fully saturated rings. The highest BCUT2D eigenvalue weighted by Gasteiger charge is 2.16. The number of hydrogen-bond donors (Lipinski definition) is 1. The molecule has 0 atom stereocenters. The predicted octanol–water partition coefficient (Wildman–Crippen LogP) is 3.03. The van der Waals surface area contributed by atoms with Crippen LogP contribution in [0.15, 0.2) is 30.3 Å². The second kappa shape index (κ2) is 6.01. The first-order valence-corrected chi connectivity index (χ1v) is 6.73. The van der Waals surface area contributed by atoms with Gasteiger partial charge >= 0.3 is 0 Å². The molecule has 4 heteroatoms. The molecule has 0 aliphatic carbocycles. The van der Waals surface area contributed by atoms with Crippen LogP contribution < -0.4 is 5.32 Å². The fourth-order valence-electron chi connectivity index (χ4n) is 2.37. The molecule has 0 bridgehead atoms. The molecule has 20 heavy (non-hydrogen) atoms. The number of hydrogen-bond acceptors (Lipinski definition) is 2. The van der Waals surface area contributed by atoms with E-state index >= 15 is 0 Å². The minimum Gasteiger partial charge on any atom is -0.318 e. The Morgan fingerprint density at radius 2 is 1.90 bits per heavy atom. The molecule has 0 aliphatic rings. The third kappa shape index (κ3) is 2.80. The van der Waals surface area contributed by atoms with Crippen LogP contribution in [0.2, 0.25) is 0 Å². The molecule has 2 aromatic rings. The zero-order chi connectivity index (χ0) is 14.7. The normalized spacial score (nSPS) is 10.8. The van der Waals surface area contributed by atoms with Gasteiger partial charge in [0.2, 0.25) is 0 Å². The molecule has 0 amide bonds. The van der Waals surface area contributed by atoms with Crippen LogP contribution >= 0.6 is 0 Å². The SMILES string of the molecule is CCNCC(=O)c1cc(C)n(-c2ccc(F)cc2)c1C. The minimum atomic E-state index is -0.264. The topological polar surface area (TPSA) is 34.0 Å². The van der Waals surface area contributed by atoms with Crippen LogP contribution in [0.5, 0.6) is 0 Å². The molecule has 3 nitrogen and oxygen atoms in total. The molecule has 0 spiro atoms. The van der Waals surface area contributed by atoms with E-state index in [4.69, 9.17) is 0 Å². The van der Waals surface area contributed by atoms with Crippen LogP contribution in [0.4, 0.5) is 4.39 Å². The number of halogens is 1. The summed E-state index contributed by atoms with van der Waals surface area (Å²) in [7, 11) is 0. The number of aromatic nitrogens is 1. The molecule has 2 rings (SSSR count). The zero-order valence-corrected chi connectivity index (χ0v) is 12.0. The number of ketones is 1. The highest BCUT2D eigenvalue weighted by Crippen LogP contribution is 2.21. The van der Waals surface area contributed by atoms with Crippen LogP contribution in [0, 0.1) is 19.7 Å². The number of nitrogens with zero attached hydrogens (tertiary/aromatic N) is 1. The quantitative estimate of drug-likeness (QED) is 0.850. The second-order valence-corrected chi connectivity index (χ2v) is 4.80. The van der Waals surface area contributed by atoms with Gasteiger partial charge in [0.15, 0.2) is 5.78 Å². The summed E-state index contributed by atoms with van der Waals surface area (Å²) in [5, 5.41) is 3.04. The molecule has 0 saturated carbocycles. The van der Waals surface area contributed by atoms with Gasteiger partial charge in [-0.1, -0.05) is 6.92 Å². The third-order valence-electron chi connectivity index (χ3n) is 3.35. The summed E-state index contributed by atoms with van der Waals surface area (Å²) < 4.78 is 15.0. The zero-order valence-electron chi connectivity index (χ0n) is 12.0. The van der Waals surface area contributed by atoms with Gasteiger partial charge in [0.05, 0.1) is 6.54 Å². The second-order valence-electron chi connectivity index (χ2n) is 4.80. The molecular weight excluding hydrogens is 255 g/mol. The van der Waals surface area contributed by atoms with E-state index in [9.17, 15) is 9.18 Å². The Hall–Kier alpha value is -1.94. The molecule has 0 radical (unpaired) electrons. The van der Waals surface area contributed by atoms with E-state index in [1.165, 1.54) is 12.1 Å². The lowest BCUT2D eigenvalue weighted by atomic mass is 10.1. The number of nitrogens with one attached hydrogen (secondary N) is 1. The minimum absolute atomic E-state index is 0.0771. The van der Waals surface area contributed by atoms with Crippen LogP contribution in [0.1, 0.15) is 28.7 Å². The van der Waals surface area contributed by atoms with E-state index in [1.54, 1.807) is 12.1 Å². The molecule has 1 N–H and O–H groups in total. The number of carbonyl (C=O) groups excluding carboxylic acids is 1. The number of rotatable bonds is 5. The Morgan fingerprint density at radius 3 is 2.50 bits per heavy atom.